The molecule has 0 saturated heterocycles. The Kier molecular flexibility index (Phi) is 6.90. The standard InChI is InChI=1S/C26H25N3O4S2/c1-16-13-17(2)24(18(3)14-16)23-15-34-26(27-23)28-25(30)21-7-5-6-8-22(21)29-35(31,32)20-11-9-19(33-4)10-12-20/h5-15,29H,1-4H3,(H,27,28,30). The monoisotopic (exact) mass is 507 g/mol. The molecule has 7 nitrogen and oxygen atoms in total. The molecular formula is C26H25N3O4S2. The highest BCUT2D eigenvalue weighted by Crippen LogP contribution is 2.31. The van der Waals surface area contributed by atoms with Crippen molar-refractivity contribution in [3.63, 3.8) is 0 Å². The van der Waals surface area contributed by atoms with Crippen LogP contribution in [-0.2, 0) is 10.0 Å². The fourth-order valence-electron chi connectivity index (χ4n) is 3.92. The molecule has 1 aromatic heterocycles. The number of sulfonamides is 1. The number of nitrogens with one attached hydrogen (secondary N) is 2. The second kappa shape index (κ2) is 9.89. The highest BCUT2D eigenvalue weighted by molar-refractivity contribution is 7.92. The molecule has 3 aromatic carbocycles. The van der Waals surface area contributed by atoms with E-state index in [0.29, 0.717) is 10.9 Å². The summed E-state index contributed by atoms with van der Waals surface area (Å²) in [6, 6.07) is 16.6. The molecule has 1 heterocycles. The zero-order chi connectivity index (χ0) is 25.2. The van der Waals surface area contributed by atoms with Gasteiger partial charge in [0.2, 0.25) is 0 Å². The van der Waals surface area contributed by atoms with Crippen LogP contribution >= 0.6 is 11.3 Å². The molecule has 180 valence electrons. The first-order chi connectivity index (χ1) is 16.7. The number of ether oxygens (including phenoxy) is 1. The normalized spacial score (nSPS) is 11.2. The lowest BCUT2D eigenvalue weighted by Crippen LogP contribution is -2.18. The molecule has 4 aromatic rings. The van der Waals surface area contributed by atoms with Crippen molar-refractivity contribution in [2.75, 3.05) is 17.1 Å². The van der Waals surface area contributed by atoms with Gasteiger partial charge in [0, 0.05) is 10.9 Å². The van der Waals surface area contributed by atoms with Gasteiger partial charge in [0.15, 0.2) is 5.13 Å². The second-order valence-electron chi connectivity index (χ2n) is 8.09. The van der Waals surface area contributed by atoms with E-state index in [1.807, 2.05) is 19.2 Å². The topological polar surface area (TPSA) is 97.4 Å². The predicted molar refractivity (Wildman–Crippen MR) is 140 cm³/mol. The minimum atomic E-state index is -3.91. The third-order valence-electron chi connectivity index (χ3n) is 5.44. The van der Waals surface area contributed by atoms with Crippen LogP contribution in [0, 0.1) is 20.8 Å². The number of benzene rings is 3. The summed E-state index contributed by atoms with van der Waals surface area (Å²) in [6.45, 7) is 6.13. The van der Waals surface area contributed by atoms with Crippen LogP contribution in [0.5, 0.6) is 5.75 Å². The molecule has 9 heteroatoms. The molecule has 0 spiro atoms. The number of para-hydroxylation sites is 1. The van der Waals surface area contributed by atoms with Crippen molar-refractivity contribution in [1.82, 2.24) is 4.98 Å². The van der Waals surface area contributed by atoms with Gasteiger partial charge in [-0.2, -0.15) is 0 Å². The van der Waals surface area contributed by atoms with E-state index in [1.165, 1.54) is 36.1 Å². The van der Waals surface area contributed by atoms with Crippen LogP contribution in [0.2, 0.25) is 0 Å². The van der Waals surface area contributed by atoms with Gasteiger partial charge < -0.3 is 4.74 Å². The zero-order valence-electron chi connectivity index (χ0n) is 19.7. The Hall–Kier alpha value is -3.69. The number of rotatable bonds is 7. The lowest BCUT2D eigenvalue weighted by atomic mass is 9.98. The Balaban J connectivity index is 1.56. The van der Waals surface area contributed by atoms with Gasteiger partial charge in [-0.05, 0) is 68.3 Å². The van der Waals surface area contributed by atoms with Crippen LogP contribution in [0.15, 0.2) is 70.9 Å². The molecule has 0 saturated carbocycles. The van der Waals surface area contributed by atoms with Crippen LogP contribution in [0.4, 0.5) is 10.8 Å². The van der Waals surface area contributed by atoms with Crippen molar-refractivity contribution < 1.29 is 17.9 Å². The summed E-state index contributed by atoms with van der Waals surface area (Å²) in [4.78, 5) is 17.7. The van der Waals surface area contributed by atoms with E-state index < -0.39 is 15.9 Å². The van der Waals surface area contributed by atoms with Gasteiger partial charge in [-0.1, -0.05) is 29.8 Å². The summed E-state index contributed by atoms with van der Waals surface area (Å²) >= 11 is 1.31. The number of anilines is 2. The minimum Gasteiger partial charge on any atom is -0.497 e. The SMILES string of the molecule is COc1ccc(S(=O)(=O)Nc2ccccc2C(=O)Nc2nc(-c3c(C)cc(C)cc3C)cs2)cc1. The van der Waals surface area contributed by atoms with Crippen LogP contribution in [0.1, 0.15) is 27.0 Å². The number of aryl methyl sites for hydroxylation is 3. The summed E-state index contributed by atoms with van der Waals surface area (Å²) in [5.41, 5.74) is 5.59. The quantitative estimate of drug-likeness (QED) is 0.330. The van der Waals surface area contributed by atoms with Crippen molar-refractivity contribution in [2.24, 2.45) is 0 Å². The lowest BCUT2D eigenvalue weighted by molar-refractivity contribution is 0.102. The first kappa shape index (κ1) is 24.4. The van der Waals surface area contributed by atoms with Crippen molar-refractivity contribution in [1.29, 1.82) is 0 Å². The second-order valence-corrected chi connectivity index (χ2v) is 10.6. The van der Waals surface area contributed by atoms with Gasteiger partial charge >= 0.3 is 0 Å². The maximum Gasteiger partial charge on any atom is 0.261 e. The number of hydrogen-bond acceptors (Lipinski definition) is 6. The van der Waals surface area contributed by atoms with Gasteiger partial charge in [-0.15, -0.1) is 11.3 Å². The van der Waals surface area contributed by atoms with Crippen LogP contribution < -0.4 is 14.8 Å². The average Bonchev–Trinajstić information content (AvgIpc) is 3.26. The maximum atomic E-state index is 13.1. The van der Waals surface area contributed by atoms with E-state index in [0.717, 1.165) is 22.4 Å². The Morgan fingerprint density at radius 3 is 2.29 bits per heavy atom. The van der Waals surface area contributed by atoms with E-state index in [1.54, 1.807) is 36.4 Å². The molecule has 2 N–H and O–H groups in total. The molecular weight excluding hydrogens is 482 g/mol. The summed E-state index contributed by atoms with van der Waals surface area (Å²) in [5, 5.41) is 5.13. The number of carbonyl (C=O) groups is 1. The maximum absolute atomic E-state index is 13.1. The first-order valence-electron chi connectivity index (χ1n) is 10.8. The Morgan fingerprint density at radius 1 is 0.971 bits per heavy atom. The zero-order valence-corrected chi connectivity index (χ0v) is 21.4. The van der Waals surface area contributed by atoms with Gasteiger partial charge in [-0.25, -0.2) is 13.4 Å². The summed E-state index contributed by atoms with van der Waals surface area (Å²) in [6.07, 6.45) is 0. The van der Waals surface area contributed by atoms with Crippen molar-refractivity contribution in [3.05, 3.63) is 88.3 Å². The van der Waals surface area contributed by atoms with E-state index in [4.69, 9.17) is 4.74 Å². The Labute approximate surface area is 208 Å². The van der Waals surface area contributed by atoms with Crippen molar-refractivity contribution in [3.8, 4) is 17.0 Å². The van der Waals surface area contributed by atoms with E-state index in [-0.39, 0.29) is 16.1 Å². The highest BCUT2D eigenvalue weighted by Gasteiger charge is 2.20. The molecule has 0 radical (unpaired) electrons. The van der Waals surface area contributed by atoms with Crippen molar-refractivity contribution in [2.45, 2.75) is 25.7 Å². The largest absolute Gasteiger partial charge is 0.497 e. The number of methoxy groups -OCH3 is 1. The summed E-state index contributed by atoms with van der Waals surface area (Å²) in [7, 11) is -2.41. The smallest absolute Gasteiger partial charge is 0.261 e. The predicted octanol–water partition coefficient (Wildman–Crippen LogP) is 5.80. The number of amides is 1. The average molecular weight is 508 g/mol. The molecule has 0 aliphatic carbocycles. The van der Waals surface area contributed by atoms with Crippen LogP contribution in [0.25, 0.3) is 11.3 Å². The Bertz CT molecular complexity index is 1470. The van der Waals surface area contributed by atoms with Gasteiger partial charge in [0.05, 0.1) is 29.0 Å². The molecule has 0 aliphatic rings. The first-order valence-corrected chi connectivity index (χ1v) is 13.2. The third kappa shape index (κ3) is 5.36. The van der Waals surface area contributed by atoms with E-state index in [2.05, 4.69) is 34.1 Å². The highest BCUT2D eigenvalue weighted by atomic mass is 32.2. The van der Waals surface area contributed by atoms with Crippen LogP contribution in [0.3, 0.4) is 0 Å². The van der Waals surface area contributed by atoms with Gasteiger partial charge in [0.1, 0.15) is 5.75 Å². The molecule has 1 amide bonds. The number of nitrogens with zero attached hydrogens (tertiary/aromatic N) is 1. The molecule has 0 atom stereocenters. The fraction of sp³-hybridized carbons (Fsp3) is 0.154. The Morgan fingerprint density at radius 2 is 1.63 bits per heavy atom. The number of thiazole rings is 1. The molecule has 35 heavy (non-hydrogen) atoms. The van der Waals surface area contributed by atoms with E-state index in [9.17, 15) is 13.2 Å². The minimum absolute atomic E-state index is 0.0573. The number of hydrogen-bond donors (Lipinski definition) is 2. The molecule has 0 aliphatic heterocycles. The molecule has 4 rings (SSSR count). The molecule has 0 unspecified atom stereocenters. The third-order valence-corrected chi connectivity index (χ3v) is 7.58. The van der Waals surface area contributed by atoms with Gasteiger partial charge in [-0.3, -0.25) is 14.8 Å². The summed E-state index contributed by atoms with van der Waals surface area (Å²) < 4.78 is 33.4. The summed E-state index contributed by atoms with van der Waals surface area (Å²) in [5.74, 6) is 0.0823. The lowest BCUT2D eigenvalue weighted by Gasteiger charge is -2.12. The van der Waals surface area contributed by atoms with Crippen molar-refractivity contribution >= 4 is 38.1 Å². The van der Waals surface area contributed by atoms with E-state index >= 15 is 0 Å². The number of carbonyl (C=O) groups excluding carboxylic acids is 1. The molecule has 0 bridgehead atoms. The number of aromatic nitrogens is 1. The molecule has 0 fully saturated rings. The van der Waals surface area contributed by atoms with Gasteiger partial charge in [0.25, 0.3) is 15.9 Å². The fourth-order valence-corrected chi connectivity index (χ4v) is 5.70. The van der Waals surface area contributed by atoms with Crippen LogP contribution in [-0.4, -0.2) is 26.4 Å².